The van der Waals surface area contributed by atoms with E-state index in [1.807, 2.05) is 6.20 Å². The van der Waals surface area contributed by atoms with E-state index in [2.05, 4.69) is 14.9 Å². The summed E-state index contributed by atoms with van der Waals surface area (Å²) < 4.78 is 52.8. The van der Waals surface area contributed by atoms with Gasteiger partial charge in [0.25, 0.3) is 0 Å². The highest BCUT2D eigenvalue weighted by Gasteiger charge is 2.38. The Hall–Kier alpha value is -3.24. The Balaban J connectivity index is 1.46. The number of hydrogen-bond donors (Lipinski definition) is 1. The Morgan fingerprint density at radius 1 is 1.28 bits per heavy atom. The largest absolute Gasteiger partial charge is 0.493 e. The maximum Gasteiger partial charge on any atom is 0.406 e. The molecule has 196 valence electrons. The SMILES string of the molecule is CC(C)OC(=O)CC1Cc2ccc(OCCc3cn4c(n3)NCCC4)cc2CN(CC(F)(F)F)C1=O. The molecule has 2 aromatic rings. The molecule has 3 heterocycles. The first kappa shape index (κ1) is 25.8. The van der Waals surface area contributed by atoms with Crippen molar-refractivity contribution in [1.29, 1.82) is 0 Å². The molecule has 0 saturated carbocycles. The minimum atomic E-state index is -4.56. The third kappa shape index (κ3) is 6.70. The van der Waals surface area contributed by atoms with Crippen LogP contribution in [0.2, 0.25) is 0 Å². The lowest BCUT2D eigenvalue weighted by molar-refractivity contribution is -0.166. The molecule has 4 rings (SSSR count). The van der Waals surface area contributed by atoms with Crippen LogP contribution < -0.4 is 10.1 Å². The van der Waals surface area contributed by atoms with Crippen molar-refractivity contribution in [3.8, 4) is 5.75 Å². The van der Waals surface area contributed by atoms with Gasteiger partial charge in [0.2, 0.25) is 11.9 Å². The summed E-state index contributed by atoms with van der Waals surface area (Å²) in [7, 11) is 0. The van der Waals surface area contributed by atoms with Gasteiger partial charge in [-0.3, -0.25) is 9.59 Å². The second kappa shape index (κ2) is 10.8. The maximum atomic E-state index is 13.3. The van der Waals surface area contributed by atoms with Crippen LogP contribution in [0.5, 0.6) is 5.75 Å². The lowest BCUT2D eigenvalue weighted by Crippen LogP contribution is -2.41. The summed E-state index contributed by atoms with van der Waals surface area (Å²) in [6, 6.07) is 5.18. The van der Waals surface area contributed by atoms with Gasteiger partial charge >= 0.3 is 12.1 Å². The van der Waals surface area contributed by atoms with Gasteiger partial charge in [0, 0.05) is 32.3 Å². The minimum absolute atomic E-state index is 0.156. The first-order valence-corrected chi connectivity index (χ1v) is 12.2. The number of alkyl halides is 3. The van der Waals surface area contributed by atoms with E-state index in [-0.39, 0.29) is 25.5 Å². The molecule has 1 atom stereocenters. The standard InChI is InChI=1S/C25H31F3N4O4/c1-16(2)36-22(33)12-18-10-17-4-5-21(11-19(17)13-32(23(18)34)15-25(26,27)28)35-9-6-20-14-31-8-3-7-29-24(31)30-20/h4-5,11,14,16,18H,3,6-10,12-13,15H2,1-2H3,(H,29,30). The normalized spacial score (nSPS) is 17.8. The highest BCUT2D eigenvalue weighted by molar-refractivity contribution is 5.84. The fourth-order valence-corrected chi connectivity index (χ4v) is 4.58. The van der Waals surface area contributed by atoms with Gasteiger partial charge in [-0.2, -0.15) is 13.2 Å². The van der Waals surface area contributed by atoms with E-state index in [0.29, 0.717) is 24.3 Å². The van der Waals surface area contributed by atoms with Crippen molar-refractivity contribution in [2.45, 2.75) is 64.9 Å². The van der Waals surface area contributed by atoms with Crippen LogP contribution >= 0.6 is 0 Å². The van der Waals surface area contributed by atoms with Gasteiger partial charge in [-0.05, 0) is 49.9 Å². The first-order chi connectivity index (χ1) is 17.1. The van der Waals surface area contributed by atoms with Gasteiger partial charge in [-0.25, -0.2) is 4.98 Å². The quantitative estimate of drug-likeness (QED) is 0.547. The van der Waals surface area contributed by atoms with E-state index in [4.69, 9.17) is 9.47 Å². The number of amides is 1. The maximum absolute atomic E-state index is 13.3. The van der Waals surface area contributed by atoms with Gasteiger partial charge < -0.3 is 24.3 Å². The van der Waals surface area contributed by atoms with Crippen LogP contribution in [0.15, 0.2) is 24.4 Å². The van der Waals surface area contributed by atoms with Crippen molar-refractivity contribution in [1.82, 2.24) is 14.5 Å². The zero-order valence-corrected chi connectivity index (χ0v) is 20.4. The molecule has 2 aliphatic rings. The second-order valence-corrected chi connectivity index (χ2v) is 9.51. The number of benzene rings is 1. The number of nitrogens with one attached hydrogen (secondary N) is 1. The van der Waals surface area contributed by atoms with Crippen LogP contribution in [0.3, 0.4) is 0 Å². The van der Waals surface area contributed by atoms with Crippen molar-refractivity contribution in [3.63, 3.8) is 0 Å². The molecular formula is C25H31F3N4O4. The molecule has 0 fully saturated rings. The summed E-state index contributed by atoms with van der Waals surface area (Å²) in [5.41, 5.74) is 2.19. The molecule has 1 aromatic heterocycles. The molecule has 8 nitrogen and oxygen atoms in total. The number of carbonyl (C=O) groups is 2. The number of carbonyl (C=O) groups excluding carboxylic acids is 2. The molecule has 0 bridgehead atoms. The molecule has 0 radical (unpaired) electrons. The predicted octanol–water partition coefficient (Wildman–Crippen LogP) is 3.73. The Kier molecular flexibility index (Phi) is 7.75. The van der Waals surface area contributed by atoms with Crippen molar-refractivity contribution in [2.75, 3.05) is 25.0 Å². The smallest absolute Gasteiger partial charge is 0.406 e. The number of rotatable bonds is 8. The Labute approximate surface area is 207 Å². The molecular weight excluding hydrogens is 477 g/mol. The summed E-state index contributed by atoms with van der Waals surface area (Å²) >= 11 is 0. The van der Waals surface area contributed by atoms with Crippen molar-refractivity contribution >= 4 is 17.8 Å². The molecule has 1 aromatic carbocycles. The van der Waals surface area contributed by atoms with Gasteiger partial charge in [-0.15, -0.1) is 0 Å². The third-order valence-electron chi connectivity index (χ3n) is 6.13. The Morgan fingerprint density at radius 2 is 2.08 bits per heavy atom. The molecule has 36 heavy (non-hydrogen) atoms. The number of aryl methyl sites for hydroxylation is 1. The monoisotopic (exact) mass is 508 g/mol. The van der Waals surface area contributed by atoms with Crippen LogP contribution in [0, 0.1) is 5.92 Å². The second-order valence-electron chi connectivity index (χ2n) is 9.51. The number of fused-ring (bicyclic) bond motifs is 2. The van der Waals surface area contributed by atoms with Gasteiger partial charge in [0.05, 0.1) is 30.7 Å². The summed E-state index contributed by atoms with van der Waals surface area (Å²) in [6.07, 6.45) is -1.43. The topological polar surface area (TPSA) is 85.7 Å². The van der Waals surface area contributed by atoms with Crippen LogP contribution in [0.25, 0.3) is 0 Å². The highest BCUT2D eigenvalue weighted by Crippen LogP contribution is 2.30. The van der Waals surface area contributed by atoms with E-state index >= 15 is 0 Å². The van der Waals surface area contributed by atoms with E-state index < -0.39 is 30.5 Å². The molecule has 2 aliphatic heterocycles. The molecule has 0 spiro atoms. The summed E-state index contributed by atoms with van der Waals surface area (Å²) in [6.45, 7) is 3.93. The van der Waals surface area contributed by atoms with Crippen molar-refractivity contribution in [3.05, 3.63) is 41.2 Å². The van der Waals surface area contributed by atoms with E-state index in [0.717, 1.165) is 41.6 Å². The van der Waals surface area contributed by atoms with Gasteiger partial charge in [-0.1, -0.05) is 6.07 Å². The number of hydrogen-bond acceptors (Lipinski definition) is 6. The van der Waals surface area contributed by atoms with Crippen molar-refractivity contribution < 1.29 is 32.2 Å². The van der Waals surface area contributed by atoms with Crippen molar-refractivity contribution in [2.24, 2.45) is 5.92 Å². The third-order valence-corrected chi connectivity index (χ3v) is 6.13. The molecule has 1 unspecified atom stereocenters. The summed E-state index contributed by atoms with van der Waals surface area (Å²) in [5.74, 6) is -0.874. The predicted molar refractivity (Wildman–Crippen MR) is 125 cm³/mol. The fourth-order valence-electron chi connectivity index (χ4n) is 4.58. The minimum Gasteiger partial charge on any atom is -0.493 e. The van der Waals surface area contributed by atoms with E-state index in [9.17, 15) is 22.8 Å². The summed E-state index contributed by atoms with van der Waals surface area (Å²) in [4.78, 5) is 30.5. The Morgan fingerprint density at radius 3 is 2.81 bits per heavy atom. The fraction of sp³-hybridized carbons (Fsp3) is 0.560. The molecule has 0 aliphatic carbocycles. The highest BCUT2D eigenvalue weighted by atomic mass is 19.4. The number of nitrogens with zero attached hydrogens (tertiary/aromatic N) is 3. The van der Waals surface area contributed by atoms with Gasteiger partial charge in [0.15, 0.2) is 0 Å². The van der Waals surface area contributed by atoms with Crippen LogP contribution in [0.1, 0.15) is 43.5 Å². The van der Waals surface area contributed by atoms with E-state index in [1.165, 1.54) is 0 Å². The average molecular weight is 509 g/mol. The lowest BCUT2D eigenvalue weighted by Gasteiger charge is -2.25. The zero-order valence-electron chi connectivity index (χ0n) is 20.4. The number of esters is 1. The van der Waals surface area contributed by atoms with E-state index in [1.54, 1.807) is 32.0 Å². The number of aromatic nitrogens is 2. The number of imidazole rings is 1. The lowest BCUT2D eigenvalue weighted by atomic mass is 9.94. The number of halogens is 3. The summed E-state index contributed by atoms with van der Waals surface area (Å²) in [5, 5.41) is 3.25. The molecule has 11 heteroatoms. The van der Waals surface area contributed by atoms with Crippen LogP contribution in [-0.4, -0.2) is 58.3 Å². The Bertz CT molecular complexity index is 1080. The molecule has 1 amide bonds. The number of ether oxygens (including phenoxy) is 2. The number of anilines is 1. The van der Waals surface area contributed by atoms with Gasteiger partial charge in [0.1, 0.15) is 12.3 Å². The van der Waals surface area contributed by atoms with Crippen LogP contribution in [-0.2, 0) is 40.3 Å². The molecule has 1 N–H and O–H groups in total. The average Bonchev–Trinajstić information content (AvgIpc) is 3.15. The molecule has 0 saturated heterocycles. The zero-order chi connectivity index (χ0) is 25.9. The first-order valence-electron chi connectivity index (χ1n) is 12.2. The van der Waals surface area contributed by atoms with Crippen LogP contribution in [0.4, 0.5) is 19.1 Å².